The van der Waals surface area contributed by atoms with E-state index in [2.05, 4.69) is 21.3 Å². The number of anilines is 1. The van der Waals surface area contributed by atoms with Crippen LogP contribution < -0.4 is 10.2 Å². The van der Waals surface area contributed by atoms with Gasteiger partial charge in [0.25, 0.3) is 0 Å². The summed E-state index contributed by atoms with van der Waals surface area (Å²) in [5, 5.41) is 12.3. The summed E-state index contributed by atoms with van der Waals surface area (Å²) in [6, 6.07) is 3.67. The van der Waals surface area contributed by atoms with Crippen molar-refractivity contribution in [2.24, 2.45) is 5.92 Å². The van der Waals surface area contributed by atoms with Crippen LogP contribution in [0.15, 0.2) is 6.07 Å². The van der Waals surface area contributed by atoms with Gasteiger partial charge in [0.05, 0.1) is 23.9 Å². The molecule has 1 N–H and O–H groups in total. The Morgan fingerprint density at radius 2 is 2.12 bits per heavy atom. The van der Waals surface area contributed by atoms with Gasteiger partial charge in [0, 0.05) is 26.6 Å². The average Bonchev–Trinajstić information content (AvgIpc) is 2.59. The van der Waals surface area contributed by atoms with E-state index >= 15 is 0 Å². The average molecular weight is 330 g/mol. The first kappa shape index (κ1) is 17.7. The number of piperidine rings is 1. The van der Waals surface area contributed by atoms with E-state index in [-0.39, 0.29) is 5.91 Å². The van der Waals surface area contributed by atoms with Crippen molar-refractivity contribution in [2.45, 2.75) is 26.7 Å². The first-order valence-electron chi connectivity index (χ1n) is 7.95. The zero-order chi connectivity index (χ0) is 17.7. The molecule has 0 atom stereocenters. The number of rotatable bonds is 4. The Hall–Kier alpha value is -2.62. The number of hydrogen-bond acceptors (Lipinski definition) is 6. The Balaban J connectivity index is 2.13. The highest BCUT2D eigenvalue weighted by molar-refractivity contribution is 5.91. The van der Waals surface area contributed by atoms with Crippen LogP contribution in [0.4, 0.5) is 5.82 Å². The molecule has 0 aromatic carbocycles. The lowest BCUT2D eigenvalue weighted by Crippen LogP contribution is -2.39. The quantitative estimate of drug-likeness (QED) is 0.839. The maximum Gasteiger partial charge on any atom is 0.339 e. The molecule has 128 valence electrons. The number of nitrogens with one attached hydrogen (secondary N) is 1. The molecule has 0 aliphatic carbocycles. The van der Waals surface area contributed by atoms with E-state index in [1.807, 2.05) is 0 Å². The molecule has 0 unspecified atom stereocenters. The minimum Gasteiger partial charge on any atom is -0.465 e. The lowest BCUT2D eigenvalue weighted by Gasteiger charge is -2.33. The second kappa shape index (κ2) is 7.77. The zero-order valence-corrected chi connectivity index (χ0v) is 14.3. The minimum absolute atomic E-state index is 0.0140. The summed E-state index contributed by atoms with van der Waals surface area (Å²) < 4.78 is 4.73. The Morgan fingerprint density at radius 1 is 1.46 bits per heavy atom. The van der Waals surface area contributed by atoms with E-state index in [1.165, 1.54) is 14.0 Å². The lowest BCUT2D eigenvalue weighted by atomic mass is 9.96. The number of methoxy groups -OCH3 is 1. The van der Waals surface area contributed by atoms with Gasteiger partial charge in [0.2, 0.25) is 5.91 Å². The van der Waals surface area contributed by atoms with E-state index < -0.39 is 5.97 Å². The molecule has 0 saturated carbocycles. The second-order valence-electron chi connectivity index (χ2n) is 5.96. The van der Waals surface area contributed by atoms with Crippen LogP contribution in [0.5, 0.6) is 0 Å². The Labute approximate surface area is 141 Å². The van der Waals surface area contributed by atoms with Gasteiger partial charge < -0.3 is 15.0 Å². The minimum atomic E-state index is -0.489. The molecule has 2 rings (SSSR count). The van der Waals surface area contributed by atoms with Crippen LogP contribution in [0.3, 0.4) is 0 Å². The Bertz CT molecular complexity index is 673. The van der Waals surface area contributed by atoms with Gasteiger partial charge in [0.1, 0.15) is 11.9 Å². The lowest BCUT2D eigenvalue weighted by molar-refractivity contribution is -0.119. The molecule has 2 heterocycles. The Morgan fingerprint density at radius 3 is 2.67 bits per heavy atom. The van der Waals surface area contributed by atoms with E-state index in [0.717, 1.165) is 25.9 Å². The molecule has 7 nitrogen and oxygen atoms in total. The molecule has 7 heteroatoms. The molecular weight excluding hydrogens is 308 g/mol. The van der Waals surface area contributed by atoms with E-state index in [0.29, 0.717) is 35.1 Å². The number of carbonyl (C=O) groups is 2. The molecule has 24 heavy (non-hydrogen) atoms. The van der Waals surface area contributed by atoms with Crippen molar-refractivity contribution >= 4 is 17.7 Å². The van der Waals surface area contributed by atoms with Crippen molar-refractivity contribution < 1.29 is 14.3 Å². The summed E-state index contributed by atoms with van der Waals surface area (Å²) >= 11 is 0. The molecule has 1 fully saturated rings. The van der Waals surface area contributed by atoms with Gasteiger partial charge in [-0.15, -0.1) is 0 Å². The Kier molecular flexibility index (Phi) is 5.74. The molecule has 1 aliphatic heterocycles. The molecule has 1 aliphatic rings. The highest BCUT2D eigenvalue weighted by atomic mass is 16.5. The van der Waals surface area contributed by atoms with Crippen LogP contribution in [0.1, 0.15) is 41.4 Å². The monoisotopic (exact) mass is 330 g/mol. The fourth-order valence-corrected chi connectivity index (χ4v) is 2.87. The summed E-state index contributed by atoms with van der Waals surface area (Å²) in [5.41, 5.74) is 1.25. The summed E-state index contributed by atoms with van der Waals surface area (Å²) in [6.45, 7) is 5.47. The predicted molar refractivity (Wildman–Crippen MR) is 88.6 cm³/mol. The van der Waals surface area contributed by atoms with Gasteiger partial charge in [-0.1, -0.05) is 0 Å². The fraction of sp³-hybridized carbons (Fsp3) is 0.529. The number of pyridine rings is 1. The molecule has 1 aromatic rings. The van der Waals surface area contributed by atoms with Crippen molar-refractivity contribution in [3.8, 4) is 6.07 Å². The van der Waals surface area contributed by atoms with E-state index in [9.17, 15) is 14.9 Å². The summed E-state index contributed by atoms with van der Waals surface area (Å²) in [7, 11) is 1.31. The van der Waals surface area contributed by atoms with Crippen LogP contribution in [-0.4, -0.2) is 43.6 Å². The number of hydrogen-bond donors (Lipinski definition) is 1. The van der Waals surface area contributed by atoms with Crippen LogP contribution in [-0.2, 0) is 9.53 Å². The van der Waals surface area contributed by atoms with E-state index in [4.69, 9.17) is 4.74 Å². The van der Waals surface area contributed by atoms with Crippen molar-refractivity contribution in [1.29, 1.82) is 5.26 Å². The highest BCUT2D eigenvalue weighted by Gasteiger charge is 2.24. The third-order valence-electron chi connectivity index (χ3n) is 4.27. The second-order valence-corrected chi connectivity index (χ2v) is 5.96. The van der Waals surface area contributed by atoms with Crippen molar-refractivity contribution in [1.82, 2.24) is 10.3 Å². The summed E-state index contributed by atoms with van der Waals surface area (Å²) in [4.78, 5) is 29.3. The van der Waals surface area contributed by atoms with Gasteiger partial charge >= 0.3 is 5.97 Å². The number of carbonyl (C=O) groups excluding carboxylic acids is 2. The van der Waals surface area contributed by atoms with Crippen LogP contribution in [0.2, 0.25) is 0 Å². The first-order valence-corrected chi connectivity index (χ1v) is 7.95. The topological polar surface area (TPSA) is 95.3 Å². The molecule has 0 spiro atoms. The third kappa shape index (κ3) is 4.02. The van der Waals surface area contributed by atoms with Crippen molar-refractivity contribution in [3.05, 3.63) is 22.9 Å². The first-order chi connectivity index (χ1) is 11.5. The molecule has 0 bridgehead atoms. The highest BCUT2D eigenvalue weighted by Crippen LogP contribution is 2.26. The van der Waals surface area contributed by atoms with Crippen LogP contribution in [0.25, 0.3) is 0 Å². The molecule has 0 radical (unpaired) electrons. The van der Waals surface area contributed by atoms with Crippen molar-refractivity contribution in [3.63, 3.8) is 0 Å². The van der Waals surface area contributed by atoms with Gasteiger partial charge in [-0.2, -0.15) is 5.26 Å². The maximum atomic E-state index is 11.7. The smallest absolute Gasteiger partial charge is 0.339 e. The van der Waals surface area contributed by atoms with Gasteiger partial charge in [-0.05, 0) is 31.7 Å². The zero-order valence-electron chi connectivity index (χ0n) is 14.3. The van der Waals surface area contributed by atoms with Crippen molar-refractivity contribution in [2.75, 3.05) is 31.6 Å². The number of nitriles is 1. The van der Waals surface area contributed by atoms with Gasteiger partial charge in [-0.3, -0.25) is 4.79 Å². The molecule has 1 amide bonds. The van der Waals surface area contributed by atoms with Crippen LogP contribution in [0, 0.1) is 24.2 Å². The van der Waals surface area contributed by atoms with E-state index in [1.54, 1.807) is 13.0 Å². The number of ether oxygens (including phenoxy) is 1. The summed E-state index contributed by atoms with van der Waals surface area (Å²) in [6.07, 6.45) is 1.84. The number of aromatic nitrogens is 1. The molecule has 1 aromatic heterocycles. The fourth-order valence-electron chi connectivity index (χ4n) is 2.87. The third-order valence-corrected chi connectivity index (χ3v) is 4.27. The maximum absolute atomic E-state index is 11.7. The normalized spacial score (nSPS) is 14.8. The number of aryl methyl sites for hydroxylation is 1. The van der Waals surface area contributed by atoms with Crippen LogP contribution >= 0.6 is 0 Å². The number of esters is 1. The largest absolute Gasteiger partial charge is 0.465 e. The SMILES string of the molecule is COC(=O)c1cc(C#N)c(N2CCC(CNC(C)=O)CC2)nc1C. The van der Waals surface area contributed by atoms with Gasteiger partial charge in [-0.25, -0.2) is 9.78 Å². The molecular formula is C17H22N4O3. The number of nitrogens with zero attached hydrogens (tertiary/aromatic N) is 3. The summed E-state index contributed by atoms with van der Waals surface area (Å²) in [5.74, 6) is 0.545. The predicted octanol–water partition coefficient (Wildman–Crippen LogP) is 1.40. The standard InChI is InChI=1S/C17H22N4O3/c1-11-15(17(23)24-3)8-14(9-18)16(20-11)21-6-4-13(5-7-21)10-19-12(2)22/h8,13H,4-7,10H2,1-3H3,(H,19,22). The number of amides is 1. The molecule has 1 saturated heterocycles. The van der Waals surface area contributed by atoms with Gasteiger partial charge in [0.15, 0.2) is 0 Å².